The molecular formula is C21H14N2. The number of aromatic nitrogens is 2. The second kappa shape index (κ2) is 4.68. The maximum absolute atomic E-state index is 4.88. The predicted octanol–water partition coefficient (Wildman–Crippen LogP) is 5.33. The molecule has 0 atom stereocenters. The Hall–Kier alpha value is -3.13. The molecule has 2 heterocycles. The van der Waals surface area contributed by atoms with E-state index in [1.807, 2.05) is 12.1 Å². The van der Waals surface area contributed by atoms with Crippen LogP contribution in [0, 0.1) is 0 Å². The molecule has 108 valence electrons. The highest BCUT2D eigenvalue weighted by Crippen LogP contribution is 2.31. The van der Waals surface area contributed by atoms with Crippen LogP contribution in [0.4, 0.5) is 0 Å². The molecule has 5 aromatic rings. The third kappa shape index (κ3) is 1.78. The quantitative estimate of drug-likeness (QED) is 0.408. The number of para-hydroxylation sites is 3. The van der Waals surface area contributed by atoms with Crippen LogP contribution in [0.1, 0.15) is 0 Å². The topological polar surface area (TPSA) is 17.8 Å². The first kappa shape index (κ1) is 12.4. The van der Waals surface area contributed by atoms with Gasteiger partial charge in [-0.3, -0.25) is 4.57 Å². The van der Waals surface area contributed by atoms with Gasteiger partial charge in [0.25, 0.3) is 0 Å². The van der Waals surface area contributed by atoms with Crippen molar-refractivity contribution in [2.45, 2.75) is 0 Å². The van der Waals surface area contributed by atoms with Crippen LogP contribution < -0.4 is 0 Å². The van der Waals surface area contributed by atoms with Gasteiger partial charge < -0.3 is 0 Å². The van der Waals surface area contributed by atoms with E-state index in [0.29, 0.717) is 0 Å². The van der Waals surface area contributed by atoms with Gasteiger partial charge in [0.15, 0.2) is 0 Å². The van der Waals surface area contributed by atoms with Gasteiger partial charge in [-0.05, 0) is 30.3 Å². The van der Waals surface area contributed by atoms with E-state index >= 15 is 0 Å². The molecule has 0 radical (unpaired) electrons. The van der Waals surface area contributed by atoms with Crippen molar-refractivity contribution in [2.75, 3.05) is 0 Å². The molecule has 5 rings (SSSR count). The second-order valence-electron chi connectivity index (χ2n) is 5.73. The van der Waals surface area contributed by atoms with E-state index in [1.54, 1.807) is 0 Å². The maximum Gasteiger partial charge on any atom is 0.138 e. The van der Waals surface area contributed by atoms with Crippen LogP contribution in [-0.2, 0) is 0 Å². The fourth-order valence-corrected chi connectivity index (χ4v) is 3.35. The molecular weight excluding hydrogens is 280 g/mol. The van der Waals surface area contributed by atoms with Crippen molar-refractivity contribution in [2.24, 2.45) is 0 Å². The molecule has 2 heteroatoms. The minimum atomic E-state index is 0.959. The van der Waals surface area contributed by atoms with Crippen molar-refractivity contribution < 1.29 is 0 Å². The minimum Gasteiger partial charge on any atom is -0.294 e. The molecule has 2 nitrogen and oxygen atoms in total. The van der Waals surface area contributed by atoms with Gasteiger partial charge in [-0.15, -0.1) is 0 Å². The Morgan fingerprint density at radius 1 is 0.565 bits per heavy atom. The molecule has 3 aromatic carbocycles. The molecule has 0 bridgehead atoms. The number of hydrogen-bond acceptors (Lipinski definition) is 1. The lowest BCUT2D eigenvalue weighted by Crippen LogP contribution is -1.97. The van der Waals surface area contributed by atoms with Crippen LogP contribution in [0.3, 0.4) is 0 Å². The number of benzene rings is 3. The monoisotopic (exact) mass is 294 g/mol. The third-order valence-electron chi connectivity index (χ3n) is 4.39. The molecule has 0 saturated heterocycles. The zero-order valence-electron chi connectivity index (χ0n) is 12.5. The van der Waals surface area contributed by atoms with Gasteiger partial charge in [0.05, 0.1) is 16.6 Å². The molecule has 0 aliphatic rings. The van der Waals surface area contributed by atoms with Gasteiger partial charge in [0.1, 0.15) is 5.82 Å². The normalized spacial score (nSPS) is 11.5. The first-order valence-corrected chi connectivity index (χ1v) is 7.76. The number of rotatable bonds is 1. The number of nitrogens with zero attached hydrogens (tertiary/aromatic N) is 2. The van der Waals surface area contributed by atoms with E-state index in [0.717, 1.165) is 16.7 Å². The van der Waals surface area contributed by atoms with E-state index in [2.05, 4.69) is 77.4 Å². The molecule has 0 aliphatic heterocycles. The Labute approximate surface area is 133 Å². The average molecular weight is 294 g/mol. The zero-order valence-corrected chi connectivity index (χ0v) is 12.5. The SMILES string of the molecule is c1ccc2nc(-n3c4ccccc4c4ccccc43)ccc2c1. The summed E-state index contributed by atoms with van der Waals surface area (Å²) in [5.41, 5.74) is 3.40. The highest BCUT2D eigenvalue weighted by molar-refractivity contribution is 6.09. The van der Waals surface area contributed by atoms with Crippen LogP contribution in [0.25, 0.3) is 38.5 Å². The van der Waals surface area contributed by atoms with Crippen LogP contribution in [-0.4, -0.2) is 9.55 Å². The Balaban J connectivity index is 1.93. The van der Waals surface area contributed by atoms with Crippen LogP contribution in [0.15, 0.2) is 84.9 Å². The van der Waals surface area contributed by atoms with Gasteiger partial charge in [-0.2, -0.15) is 0 Å². The lowest BCUT2D eigenvalue weighted by molar-refractivity contribution is 1.10. The number of fused-ring (bicyclic) bond motifs is 4. The molecule has 0 unspecified atom stereocenters. The maximum atomic E-state index is 4.88. The molecule has 0 fully saturated rings. The smallest absolute Gasteiger partial charge is 0.138 e. The summed E-state index contributed by atoms with van der Waals surface area (Å²) in [4.78, 5) is 4.88. The second-order valence-corrected chi connectivity index (χ2v) is 5.73. The summed E-state index contributed by atoms with van der Waals surface area (Å²) >= 11 is 0. The fourth-order valence-electron chi connectivity index (χ4n) is 3.35. The van der Waals surface area contributed by atoms with Crippen LogP contribution >= 0.6 is 0 Å². The van der Waals surface area contributed by atoms with Crippen LogP contribution in [0.5, 0.6) is 0 Å². The Kier molecular flexibility index (Phi) is 2.53. The molecule has 0 spiro atoms. The summed E-state index contributed by atoms with van der Waals surface area (Å²) < 4.78 is 2.25. The Morgan fingerprint density at radius 2 is 1.17 bits per heavy atom. The highest BCUT2D eigenvalue weighted by Gasteiger charge is 2.12. The van der Waals surface area contributed by atoms with E-state index in [4.69, 9.17) is 4.98 Å². The van der Waals surface area contributed by atoms with Gasteiger partial charge >= 0.3 is 0 Å². The first-order chi connectivity index (χ1) is 11.4. The number of pyridine rings is 1. The van der Waals surface area contributed by atoms with Gasteiger partial charge in [-0.1, -0.05) is 54.6 Å². The summed E-state index contributed by atoms with van der Waals surface area (Å²) in [7, 11) is 0. The van der Waals surface area contributed by atoms with E-state index in [9.17, 15) is 0 Å². The van der Waals surface area contributed by atoms with Crippen molar-refractivity contribution in [1.29, 1.82) is 0 Å². The minimum absolute atomic E-state index is 0.959. The Morgan fingerprint density at radius 3 is 1.91 bits per heavy atom. The van der Waals surface area contributed by atoms with Crippen molar-refractivity contribution in [3.05, 3.63) is 84.9 Å². The van der Waals surface area contributed by atoms with E-state index in [-0.39, 0.29) is 0 Å². The molecule has 0 amide bonds. The fraction of sp³-hybridized carbons (Fsp3) is 0. The third-order valence-corrected chi connectivity index (χ3v) is 4.39. The Bertz CT molecular complexity index is 1110. The molecule has 0 N–H and O–H groups in total. The lowest BCUT2D eigenvalue weighted by atomic mass is 10.2. The molecule has 2 aromatic heterocycles. The van der Waals surface area contributed by atoms with Gasteiger partial charge in [0, 0.05) is 16.2 Å². The largest absolute Gasteiger partial charge is 0.294 e. The predicted molar refractivity (Wildman–Crippen MR) is 96.1 cm³/mol. The van der Waals surface area contributed by atoms with Crippen LogP contribution in [0.2, 0.25) is 0 Å². The highest BCUT2D eigenvalue weighted by atomic mass is 15.1. The summed E-state index contributed by atoms with van der Waals surface area (Å²) in [5, 5.41) is 3.69. The zero-order chi connectivity index (χ0) is 15.2. The van der Waals surface area contributed by atoms with Crippen molar-refractivity contribution in [1.82, 2.24) is 9.55 Å². The van der Waals surface area contributed by atoms with Crippen molar-refractivity contribution in [3.63, 3.8) is 0 Å². The van der Waals surface area contributed by atoms with Crippen molar-refractivity contribution >= 4 is 32.7 Å². The molecule has 0 saturated carbocycles. The average Bonchev–Trinajstić information content (AvgIpc) is 2.96. The van der Waals surface area contributed by atoms with E-state index < -0.39 is 0 Å². The standard InChI is InChI=1S/C21H14N2/c1-4-10-18-15(7-1)13-14-21(22-18)23-19-11-5-2-8-16(19)17-9-3-6-12-20(17)23/h1-14H. The van der Waals surface area contributed by atoms with Gasteiger partial charge in [0.2, 0.25) is 0 Å². The number of hydrogen-bond donors (Lipinski definition) is 0. The summed E-state index contributed by atoms with van der Waals surface area (Å²) in [5.74, 6) is 0.959. The van der Waals surface area contributed by atoms with E-state index in [1.165, 1.54) is 21.8 Å². The summed E-state index contributed by atoms with van der Waals surface area (Å²) in [6.45, 7) is 0. The first-order valence-electron chi connectivity index (χ1n) is 7.76. The molecule has 23 heavy (non-hydrogen) atoms. The van der Waals surface area contributed by atoms with Gasteiger partial charge in [-0.25, -0.2) is 4.98 Å². The van der Waals surface area contributed by atoms with Crippen molar-refractivity contribution in [3.8, 4) is 5.82 Å². The summed E-state index contributed by atoms with van der Waals surface area (Å²) in [6, 6.07) is 29.5. The molecule has 0 aliphatic carbocycles. The lowest BCUT2D eigenvalue weighted by Gasteiger charge is -2.08. The summed E-state index contributed by atoms with van der Waals surface area (Å²) in [6.07, 6.45) is 0.